The van der Waals surface area contributed by atoms with Crippen molar-refractivity contribution in [3.05, 3.63) is 54.1 Å². The number of rotatable bonds is 8. The maximum atomic E-state index is 11.9. The number of ether oxygens (including phenoxy) is 3. The van der Waals surface area contributed by atoms with E-state index in [1.165, 1.54) is 5.56 Å². The molecule has 0 fully saturated rings. The average molecular weight is 357 g/mol. The van der Waals surface area contributed by atoms with Crippen LogP contribution in [-0.2, 0) is 10.2 Å². The fourth-order valence-electron chi connectivity index (χ4n) is 2.34. The zero-order valence-electron chi connectivity index (χ0n) is 15.9. The lowest BCUT2D eigenvalue weighted by Gasteiger charge is -2.19. The Hall–Kier alpha value is -2.69. The van der Waals surface area contributed by atoms with Gasteiger partial charge in [0.1, 0.15) is 12.4 Å². The van der Waals surface area contributed by atoms with Gasteiger partial charge in [-0.1, -0.05) is 45.0 Å². The lowest BCUT2D eigenvalue weighted by atomic mass is 9.87. The van der Waals surface area contributed by atoms with E-state index in [9.17, 15) is 4.79 Å². The van der Waals surface area contributed by atoms with E-state index in [-0.39, 0.29) is 17.9 Å². The van der Waals surface area contributed by atoms with Crippen molar-refractivity contribution >= 4 is 5.91 Å². The molecule has 5 nitrogen and oxygen atoms in total. The third kappa shape index (κ3) is 5.99. The Morgan fingerprint density at radius 3 is 2.23 bits per heavy atom. The normalized spacial score (nSPS) is 10.9. The predicted molar refractivity (Wildman–Crippen MR) is 102 cm³/mol. The topological polar surface area (TPSA) is 56.8 Å². The summed E-state index contributed by atoms with van der Waals surface area (Å²) in [5, 5.41) is 2.77. The van der Waals surface area contributed by atoms with Gasteiger partial charge >= 0.3 is 0 Å². The molecular weight excluding hydrogens is 330 g/mol. The van der Waals surface area contributed by atoms with Crippen molar-refractivity contribution in [2.45, 2.75) is 26.2 Å². The molecule has 5 heteroatoms. The minimum Gasteiger partial charge on any atom is -0.493 e. The Balaban J connectivity index is 1.69. The third-order valence-electron chi connectivity index (χ3n) is 3.84. The zero-order chi connectivity index (χ0) is 19.0. The van der Waals surface area contributed by atoms with Gasteiger partial charge < -0.3 is 19.5 Å². The maximum absolute atomic E-state index is 11.9. The summed E-state index contributed by atoms with van der Waals surface area (Å²) in [5.41, 5.74) is 1.32. The highest BCUT2D eigenvalue weighted by Crippen LogP contribution is 2.25. The molecule has 0 aliphatic rings. The summed E-state index contributed by atoms with van der Waals surface area (Å²) in [5.74, 6) is 1.81. The lowest BCUT2D eigenvalue weighted by Crippen LogP contribution is -2.32. The number of hydrogen-bond donors (Lipinski definition) is 1. The second-order valence-corrected chi connectivity index (χ2v) is 6.91. The summed E-state index contributed by atoms with van der Waals surface area (Å²) >= 11 is 0. The monoisotopic (exact) mass is 357 g/mol. The Labute approximate surface area is 155 Å². The maximum Gasteiger partial charge on any atom is 0.258 e. The largest absolute Gasteiger partial charge is 0.493 e. The second kappa shape index (κ2) is 9.13. The van der Waals surface area contributed by atoms with Crippen LogP contribution >= 0.6 is 0 Å². The van der Waals surface area contributed by atoms with E-state index in [0.717, 1.165) is 0 Å². The van der Waals surface area contributed by atoms with E-state index >= 15 is 0 Å². The van der Waals surface area contributed by atoms with Gasteiger partial charge in [0.2, 0.25) is 0 Å². The van der Waals surface area contributed by atoms with E-state index in [1.807, 2.05) is 48.5 Å². The number of benzene rings is 2. The minimum absolute atomic E-state index is 0.0243. The molecule has 140 valence electrons. The summed E-state index contributed by atoms with van der Waals surface area (Å²) in [6.07, 6.45) is 0. The molecule has 1 amide bonds. The van der Waals surface area contributed by atoms with Crippen molar-refractivity contribution in [1.29, 1.82) is 0 Å². The van der Waals surface area contributed by atoms with Crippen LogP contribution < -0.4 is 19.5 Å². The minimum atomic E-state index is -0.187. The van der Waals surface area contributed by atoms with Gasteiger partial charge in [-0.25, -0.2) is 0 Å². The van der Waals surface area contributed by atoms with Crippen LogP contribution in [0.5, 0.6) is 17.2 Å². The molecule has 0 saturated carbocycles. The van der Waals surface area contributed by atoms with Gasteiger partial charge in [0, 0.05) is 0 Å². The van der Waals surface area contributed by atoms with Crippen LogP contribution in [0, 0.1) is 0 Å². The third-order valence-corrected chi connectivity index (χ3v) is 3.84. The highest BCUT2D eigenvalue weighted by Gasteiger charge is 2.13. The summed E-state index contributed by atoms with van der Waals surface area (Å²) < 4.78 is 16.3. The second-order valence-electron chi connectivity index (χ2n) is 6.91. The molecule has 0 saturated heterocycles. The number of carbonyl (C=O) groups is 1. The first-order valence-electron chi connectivity index (χ1n) is 8.66. The van der Waals surface area contributed by atoms with Gasteiger partial charge in [-0.05, 0) is 35.2 Å². The molecule has 2 rings (SSSR count). The van der Waals surface area contributed by atoms with Crippen LogP contribution in [0.3, 0.4) is 0 Å². The van der Waals surface area contributed by atoms with Crippen LogP contribution in [0.2, 0.25) is 0 Å². The van der Waals surface area contributed by atoms with Gasteiger partial charge in [0.05, 0.1) is 13.7 Å². The summed E-state index contributed by atoms with van der Waals surface area (Å²) in [6.45, 7) is 7.19. The SMILES string of the molecule is COc1ccccc1OCCNC(=O)COc1ccc(C(C)(C)C)cc1. The van der Waals surface area contributed by atoms with Gasteiger partial charge in [0.25, 0.3) is 5.91 Å². The standard InChI is InChI=1S/C21H27NO4/c1-21(2,3)16-9-11-17(12-10-16)26-15-20(23)22-13-14-25-19-8-6-5-7-18(19)24-4/h5-12H,13-15H2,1-4H3,(H,22,23). The number of para-hydroxylation sites is 2. The van der Waals surface area contributed by atoms with E-state index < -0.39 is 0 Å². The summed E-state index contributed by atoms with van der Waals surface area (Å²) in [6, 6.07) is 15.2. The lowest BCUT2D eigenvalue weighted by molar-refractivity contribution is -0.123. The summed E-state index contributed by atoms with van der Waals surface area (Å²) in [4.78, 5) is 11.9. The molecule has 0 aliphatic heterocycles. The first-order chi connectivity index (χ1) is 12.4. The molecule has 0 atom stereocenters. The van der Waals surface area contributed by atoms with Gasteiger partial charge in [-0.2, -0.15) is 0 Å². The van der Waals surface area contributed by atoms with Crippen LogP contribution in [-0.4, -0.2) is 32.8 Å². The number of hydrogen-bond acceptors (Lipinski definition) is 4. The molecule has 26 heavy (non-hydrogen) atoms. The number of nitrogens with one attached hydrogen (secondary N) is 1. The van der Waals surface area contributed by atoms with E-state index in [1.54, 1.807) is 7.11 Å². The van der Waals surface area contributed by atoms with Gasteiger partial charge in [-0.15, -0.1) is 0 Å². The molecular formula is C21H27NO4. The zero-order valence-corrected chi connectivity index (χ0v) is 15.9. The van der Waals surface area contributed by atoms with Crippen LogP contribution in [0.25, 0.3) is 0 Å². The van der Waals surface area contributed by atoms with Crippen molar-refractivity contribution < 1.29 is 19.0 Å². The predicted octanol–water partition coefficient (Wildman–Crippen LogP) is 3.57. The summed E-state index contributed by atoms with van der Waals surface area (Å²) in [7, 11) is 1.59. The van der Waals surface area contributed by atoms with Crippen molar-refractivity contribution in [3.8, 4) is 17.2 Å². The van der Waals surface area contributed by atoms with Crippen LogP contribution in [0.15, 0.2) is 48.5 Å². The van der Waals surface area contributed by atoms with Gasteiger partial charge in [-0.3, -0.25) is 4.79 Å². The molecule has 0 aromatic heterocycles. The van der Waals surface area contributed by atoms with E-state index in [2.05, 4.69) is 26.1 Å². The molecule has 0 aliphatic carbocycles. The molecule has 2 aromatic carbocycles. The molecule has 2 aromatic rings. The van der Waals surface area contributed by atoms with E-state index in [4.69, 9.17) is 14.2 Å². The molecule has 0 radical (unpaired) electrons. The average Bonchev–Trinajstić information content (AvgIpc) is 2.63. The molecule has 0 unspecified atom stereocenters. The molecule has 1 N–H and O–H groups in total. The first kappa shape index (κ1) is 19.6. The molecule has 0 spiro atoms. The number of amides is 1. The van der Waals surface area contributed by atoms with E-state index in [0.29, 0.717) is 30.4 Å². The highest BCUT2D eigenvalue weighted by molar-refractivity contribution is 5.77. The number of methoxy groups -OCH3 is 1. The highest BCUT2D eigenvalue weighted by atomic mass is 16.5. The van der Waals surface area contributed by atoms with Crippen molar-refractivity contribution in [3.63, 3.8) is 0 Å². The Bertz CT molecular complexity index is 705. The fraction of sp³-hybridized carbons (Fsp3) is 0.381. The Morgan fingerprint density at radius 2 is 1.62 bits per heavy atom. The number of carbonyl (C=O) groups excluding carboxylic acids is 1. The van der Waals surface area contributed by atoms with Crippen molar-refractivity contribution in [2.75, 3.05) is 26.9 Å². The van der Waals surface area contributed by atoms with Crippen molar-refractivity contribution in [2.24, 2.45) is 0 Å². The van der Waals surface area contributed by atoms with Gasteiger partial charge in [0.15, 0.2) is 18.1 Å². The Morgan fingerprint density at radius 1 is 0.962 bits per heavy atom. The molecule has 0 heterocycles. The van der Waals surface area contributed by atoms with Crippen molar-refractivity contribution in [1.82, 2.24) is 5.32 Å². The van der Waals surface area contributed by atoms with Crippen LogP contribution in [0.4, 0.5) is 0 Å². The first-order valence-corrected chi connectivity index (χ1v) is 8.66. The van der Waals surface area contributed by atoms with Crippen LogP contribution in [0.1, 0.15) is 26.3 Å². The quantitative estimate of drug-likeness (QED) is 0.734. The smallest absolute Gasteiger partial charge is 0.258 e. The molecule has 0 bridgehead atoms. The Kier molecular flexibility index (Phi) is 6.89. The fourth-order valence-corrected chi connectivity index (χ4v) is 2.34.